The van der Waals surface area contributed by atoms with E-state index in [0.29, 0.717) is 5.75 Å². The van der Waals surface area contributed by atoms with Crippen molar-refractivity contribution in [2.24, 2.45) is 0 Å². The van der Waals surface area contributed by atoms with Crippen LogP contribution in [0.15, 0.2) is 24.3 Å². The van der Waals surface area contributed by atoms with Crippen molar-refractivity contribution in [3.63, 3.8) is 0 Å². The lowest BCUT2D eigenvalue weighted by atomic mass is 10.2. The van der Waals surface area contributed by atoms with Crippen molar-refractivity contribution in [2.75, 3.05) is 12.8 Å². The molecule has 0 radical (unpaired) electrons. The van der Waals surface area contributed by atoms with Crippen LogP contribution in [0.5, 0.6) is 5.75 Å². The average Bonchev–Trinajstić information content (AvgIpc) is 2.26. The second kappa shape index (κ2) is 5.79. The fraction of sp³-hybridized carbons (Fsp3) is 0.364. The Bertz CT molecular complexity index is 496. The van der Waals surface area contributed by atoms with Crippen molar-refractivity contribution in [1.29, 1.82) is 0 Å². The third-order valence-corrected chi connectivity index (χ3v) is 2.69. The fourth-order valence-electron chi connectivity index (χ4n) is 1.19. The van der Waals surface area contributed by atoms with Crippen molar-refractivity contribution in [1.82, 2.24) is 4.72 Å². The van der Waals surface area contributed by atoms with E-state index in [9.17, 15) is 13.2 Å². The van der Waals surface area contributed by atoms with Gasteiger partial charge in [0.25, 0.3) is 0 Å². The van der Waals surface area contributed by atoms with E-state index < -0.39 is 16.0 Å². The minimum absolute atomic E-state index is 0.366. The van der Waals surface area contributed by atoms with Crippen LogP contribution in [0.2, 0.25) is 0 Å². The molecule has 0 heterocycles. The number of sulfonamides is 1. The molecule has 0 fully saturated rings. The summed E-state index contributed by atoms with van der Waals surface area (Å²) in [6.07, 6.45) is 1.82. The number of esters is 1. The van der Waals surface area contributed by atoms with Crippen LogP contribution in [0.3, 0.4) is 0 Å². The molecule has 0 amide bonds. The maximum absolute atomic E-state index is 11.3. The number of hydrogen-bond acceptors (Lipinski definition) is 4. The van der Waals surface area contributed by atoms with Gasteiger partial charge in [0.15, 0.2) is 0 Å². The molecule has 1 rings (SSSR count). The van der Waals surface area contributed by atoms with Gasteiger partial charge in [-0.1, -0.05) is 19.1 Å². The monoisotopic (exact) mass is 257 g/mol. The van der Waals surface area contributed by atoms with Crippen molar-refractivity contribution in [3.8, 4) is 5.75 Å². The maximum atomic E-state index is 11.3. The highest BCUT2D eigenvalue weighted by Crippen LogP contribution is 2.13. The van der Waals surface area contributed by atoms with Crippen LogP contribution < -0.4 is 9.46 Å². The number of carbonyl (C=O) groups excluding carboxylic acids is 1. The Morgan fingerprint density at radius 3 is 2.71 bits per heavy atom. The van der Waals surface area contributed by atoms with Gasteiger partial charge in [-0.3, -0.25) is 4.79 Å². The molecule has 94 valence electrons. The lowest BCUT2D eigenvalue weighted by Crippen LogP contribution is -2.30. The second-order valence-corrected chi connectivity index (χ2v) is 5.40. The van der Waals surface area contributed by atoms with Crippen molar-refractivity contribution >= 4 is 16.0 Å². The van der Waals surface area contributed by atoms with Gasteiger partial charge in [-0.2, -0.15) is 0 Å². The van der Waals surface area contributed by atoms with Gasteiger partial charge in [-0.25, -0.2) is 13.1 Å². The summed E-state index contributed by atoms with van der Waals surface area (Å²) in [7, 11) is -3.38. The molecule has 0 bridgehead atoms. The Labute approximate surface area is 101 Å². The predicted octanol–water partition coefficient (Wildman–Crippen LogP) is 0.704. The van der Waals surface area contributed by atoms with Crippen LogP contribution in [0, 0.1) is 0 Å². The van der Waals surface area contributed by atoms with E-state index in [2.05, 4.69) is 4.72 Å². The Balaban J connectivity index is 2.56. The minimum Gasteiger partial charge on any atom is -0.426 e. The number of nitrogens with one attached hydrogen (secondary N) is 1. The quantitative estimate of drug-likeness (QED) is 0.622. The van der Waals surface area contributed by atoms with Crippen LogP contribution in [0.4, 0.5) is 0 Å². The molecular weight excluding hydrogens is 242 g/mol. The number of aryl methyl sites for hydroxylation is 1. The van der Waals surface area contributed by atoms with Gasteiger partial charge in [-0.05, 0) is 24.1 Å². The molecule has 0 aliphatic rings. The van der Waals surface area contributed by atoms with E-state index >= 15 is 0 Å². The zero-order chi connectivity index (χ0) is 12.9. The average molecular weight is 257 g/mol. The summed E-state index contributed by atoms with van der Waals surface area (Å²) >= 11 is 0. The molecule has 1 aromatic rings. The highest BCUT2D eigenvalue weighted by atomic mass is 32.2. The molecule has 0 aromatic heterocycles. The molecule has 0 aliphatic heterocycles. The summed E-state index contributed by atoms with van der Waals surface area (Å²) in [6.45, 7) is 1.63. The first-order valence-electron chi connectivity index (χ1n) is 5.15. The van der Waals surface area contributed by atoms with Gasteiger partial charge >= 0.3 is 5.97 Å². The SMILES string of the molecule is CCc1cccc(OC(=O)CNS(C)(=O)=O)c1. The second-order valence-electron chi connectivity index (χ2n) is 3.57. The summed E-state index contributed by atoms with van der Waals surface area (Å²) in [6, 6.07) is 7.10. The van der Waals surface area contributed by atoms with Crippen LogP contribution >= 0.6 is 0 Å². The smallest absolute Gasteiger partial charge is 0.326 e. The van der Waals surface area contributed by atoms with Crippen molar-refractivity contribution in [3.05, 3.63) is 29.8 Å². The van der Waals surface area contributed by atoms with Crippen LogP contribution in [0.25, 0.3) is 0 Å². The first-order chi connectivity index (χ1) is 7.90. The van der Waals surface area contributed by atoms with E-state index in [1.165, 1.54) is 0 Å². The zero-order valence-electron chi connectivity index (χ0n) is 9.76. The summed E-state index contributed by atoms with van der Waals surface area (Å²) in [5, 5.41) is 0. The first-order valence-corrected chi connectivity index (χ1v) is 7.04. The minimum atomic E-state index is -3.38. The summed E-state index contributed by atoms with van der Waals surface area (Å²) in [4.78, 5) is 11.3. The van der Waals surface area contributed by atoms with E-state index in [1.54, 1.807) is 18.2 Å². The Morgan fingerprint density at radius 1 is 1.41 bits per heavy atom. The molecule has 5 nitrogen and oxygen atoms in total. The molecule has 0 spiro atoms. The zero-order valence-corrected chi connectivity index (χ0v) is 10.6. The van der Waals surface area contributed by atoms with Gasteiger partial charge in [0, 0.05) is 0 Å². The predicted molar refractivity (Wildman–Crippen MR) is 64.3 cm³/mol. The third-order valence-electron chi connectivity index (χ3n) is 2.02. The van der Waals surface area contributed by atoms with E-state index in [4.69, 9.17) is 4.74 Å². The maximum Gasteiger partial charge on any atom is 0.326 e. The molecule has 0 saturated carbocycles. The molecule has 0 atom stereocenters. The fourth-order valence-corrected chi connectivity index (χ4v) is 1.57. The normalized spacial score (nSPS) is 11.2. The molecule has 1 aromatic carbocycles. The van der Waals surface area contributed by atoms with Crippen molar-refractivity contribution in [2.45, 2.75) is 13.3 Å². The molecule has 1 N–H and O–H groups in total. The van der Waals surface area contributed by atoms with Gasteiger partial charge in [0.2, 0.25) is 10.0 Å². The number of ether oxygens (including phenoxy) is 1. The topological polar surface area (TPSA) is 72.5 Å². The summed E-state index contributed by atoms with van der Waals surface area (Å²) in [5.41, 5.74) is 1.05. The first kappa shape index (κ1) is 13.7. The van der Waals surface area contributed by atoms with Crippen LogP contribution in [-0.4, -0.2) is 27.2 Å². The Kier molecular flexibility index (Phi) is 4.65. The van der Waals surface area contributed by atoms with Gasteiger partial charge in [0.1, 0.15) is 12.3 Å². The molecule has 0 saturated heterocycles. The highest BCUT2D eigenvalue weighted by molar-refractivity contribution is 7.88. The molecule has 0 aliphatic carbocycles. The summed E-state index contributed by atoms with van der Waals surface area (Å²) < 4.78 is 28.6. The molecule has 17 heavy (non-hydrogen) atoms. The summed E-state index contributed by atoms with van der Waals surface area (Å²) in [5.74, 6) is -0.215. The van der Waals surface area contributed by atoms with Gasteiger partial charge < -0.3 is 4.74 Å². The molecular formula is C11H15NO4S. The van der Waals surface area contributed by atoms with Crippen LogP contribution in [0.1, 0.15) is 12.5 Å². The van der Waals surface area contributed by atoms with E-state index in [0.717, 1.165) is 18.2 Å². The lowest BCUT2D eigenvalue weighted by Gasteiger charge is -2.05. The number of rotatable bonds is 5. The third kappa shape index (κ3) is 5.46. The lowest BCUT2D eigenvalue weighted by molar-refractivity contribution is -0.133. The van der Waals surface area contributed by atoms with Crippen LogP contribution in [-0.2, 0) is 21.2 Å². The molecule has 6 heteroatoms. The van der Waals surface area contributed by atoms with E-state index in [-0.39, 0.29) is 6.54 Å². The molecule has 0 unspecified atom stereocenters. The number of benzene rings is 1. The van der Waals surface area contributed by atoms with Crippen molar-refractivity contribution < 1.29 is 17.9 Å². The Hall–Kier alpha value is -1.40. The Morgan fingerprint density at radius 2 is 2.12 bits per heavy atom. The standard InChI is InChI=1S/C11H15NO4S/c1-3-9-5-4-6-10(7-9)16-11(13)8-12-17(2,14)15/h4-7,12H,3,8H2,1-2H3. The van der Waals surface area contributed by atoms with Gasteiger partial charge in [0.05, 0.1) is 6.26 Å². The van der Waals surface area contributed by atoms with E-state index in [1.807, 2.05) is 13.0 Å². The van der Waals surface area contributed by atoms with Gasteiger partial charge in [-0.15, -0.1) is 0 Å². The largest absolute Gasteiger partial charge is 0.426 e. The number of hydrogen-bond donors (Lipinski definition) is 1. The number of carbonyl (C=O) groups is 1. The highest BCUT2D eigenvalue weighted by Gasteiger charge is 2.08.